The van der Waals surface area contributed by atoms with Crippen LogP contribution in [-0.2, 0) is 34.3 Å². The average molecular weight is 441 g/mol. The number of pyridine rings is 1. The maximum atomic E-state index is 12.4. The lowest BCUT2D eigenvalue weighted by atomic mass is 10.0. The maximum Gasteiger partial charge on any atom is 0.254 e. The first-order valence-corrected chi connectivity index (χ1v) is 12.1. The molecule has 1 aromatic carbocycles. The molecule has 0 radical (unpaired) electrons. The first-order valence-electron chi connectivity index (χ1n) is 9.28. The topological polar surface area (TPSA) is 112 Å². The van der Waals surface area contributed by atoms with Gasteiger partial charge >= 0.3 is 0 Å². The van der Waals surface area contributed by atoms with E-state index in [0.717, 1.165) is 12.8 Å². The van der Waals surface area contributed by atoms with E-state index in [2.05, 4.69) is 4.72 Å². The molecule has 0 amide bonds. The Bertz CT molecular complexity index is 1140. The summed E-state index contributed by atoms with van der Waals surface area (Å²) in [5.41, 5.74) is 1.03. The highest BCUT2D eigenvalue weighted by Crippen LogP contribution is 2.35. The van der Waals surface area contributed by atoms with Crippen molar-refractivity contribution in [3.63, 3.8) is 0 Å². The molecule has 158 valence electrons. The molecule has 1 fully saturated rings. The first kappa shape index (κ1) is 21.5. The monoisotopic (exact) mass is 440 g/mol. The molecule has 0 atom stereocenters. The highest BCUT2D eigenvalue weighted by Gasteiger charge is 2.23. The number of nitrogens with zero attached hydrogens (tertiary/aromatic N) is 1. The zero-order chi connectivity index (χ0) is 21.2. The van der Waals surface area contributed by atoms with E-state index >= 15 is 0 Å². The van der Waals surface area contributed by atoms with Crippen molar-refractivity contribution < 1.29 is 21.6 Å². The third-order valence-electron chi connectivity index (χ3n) is 4.83. The van der Waals surface area contributed by atoms with Crippen molar-refractivity contribution in [1.29, 1.82) is 0 Å². The Balaban J connectivity index is 2.10. The van der Waals surface area contributed by atoms with Crippen molar-refractivity contribution in [3.05, 3.63) is 46.4 Å². The fourth-order valence-electron chi connectivity index (χ4n) is 2.92. The summed E-state index contributed by atoms with van der Waals surface area (Å²) in [5.74, 6) is 1.00. The van der Waals surface area contributed by atoms with Crippen LogP contribution in [-0.4, -0.2) is 33.8 Å². The number of aromatic nitrogens is 1. The van der Waals surface area contributed by atoms with Gasteiger partial charge in [-0.1, -0.05) is 6.92 Å². The number of sulfone groups is 1. The summed E-state index contributed by atoms with van der Waals surface area (Å²) in [6.07, 6.45) is 3.81. The van der Waals surface area contributed by atoms with Crippen molar-refractivity contribution in [2.75, 3.05) is 12.4 Å². The quantitative estimate of drug-likeness (QED) is 0.568. The number of benzene rings is 1. The van der Waals surface area contributed by atoms with E-state index in [1.54, 1.807) is 38.4 Å². The van der Waals surface area contributed by atoms with Gasteiger partial charge in [0.25, 0.3) is 5.56 Å². The second kappa shape index (κ2) is 8.68. The molecule has 2 aromatic rings. The summed E-state index contributed by atoms with van der Waals surface area (Å²) in [4.78, 5) is 12.5. The summed E-state index contributed by atoms with van der Waals surface area (Å²) >= 11 is 0. The Kier molecular flexibility index (Phi) is 6.45. The van der Waals surface area contributed by atoms with Gasteiger partial charge in [-0.25, -0.2) is 21.6 Å². The lowest BCUT2D eigenvalue weighted by molar-refractivity contribution is 0.301. The number of thiol groups is 1. The highest BCUT2D eigenvalue weighted by atomic mass is 32.2. The molecule has 0 spiro atoms. The molecule has 1 aliphatic rings. The highest BCUT2D eigenvalue weighted by molar-refractivity contribution is 7.91. The van der Waals surface area contributed by atoms with Crippen LogP contribution in [0.5, 0.6) is 5.75 Å². The summed E-state index contributed by atoms with van der Waals surface area (Å²) in [7, 11) is -4.72. The minimum absolute atomic E-state index is 0.0340. The van der Waals surface area contributed by atoms with Crippen molar-refractivity contribution in [1.82, 2.24) is 9.29 Å². The number of ether oxygens (including phenoxy) is 1. The molecular weight excluding hydrogens is 416 g/mol. The van der Waals surface area contributed by atoms with Crippen LogP contribution in [0.4, 0.5) is 0 Å². The van der Waals surface area contributed by atoms with E-state index in [9.17, 15) is 21.6 Å². The van der Waals surface area contributed by atoms with E-state index in [1.165, 1.54) is 10.6 Å². The predicted octanol–water partition coefficient (Wildman–Crippen LogP) is 1.25. The largest absolute Gasteiger partial charge is 0.493 e. The van der Waals surface area contributed by atoms with Crippen LogP contribution in [0.15, 0.2) is 40.2 Å². The minimum Gasteiger partial charge on any atom is -0.493 e. The van der Waals surface area contributed by atoms with Gasteiger partial charge in [-0.3, -0.25) is 4.79 Å². The Morgan fingerprint density at radius 2 is 1.97 bits per heavy atom. The average Bonchev–Trinajstić information content (AvgIpc) is 3.51. The SMILES string of the molecule is CCS(=O)(=O)c1ccc(OCC2CC2)c(-c2cc(CN[SH](=O)=O)c(=O)n(C)c2)c1. The van der Waals surface area contributed by atoms with E-state index < -0.39 is 20.7 Å². The summed E-state index contributed by atoms with van der Waals surface area (Å²) in [5, 5.41) is 0. The molecule has 1 aliphatic carbocycles. The van der Waals surface area contributed by atoms with E-state index in [1.807, 2.05) is 0 Å². The molecule has 1 heterocycles. The molecule has 0 bridgehead atoms. The second-order valence-electron chi connectivity index (χ2n) is 7.08. The van der Waals surface area contributed by atoms with Crippen LogP contribution in [0.3, 0.4) is 0 Å². The predicted molar refractivity (Wildman–Crippen MR) is 110 cm³/mol. The van der Waals surface area contributed by atoms with Crippen LogP contribution < -0.4 is 15.0 Å². The van der Waals surface area contributed by atoms with E-state index in [-0.39, 0.29) is 28.3 Å². The van der Waals surface area contributed by atoms with Crippen LogP contribution >= 0.6 is 0 Å². The molecule has 1 N–H and O–H groups in total. The molecule has 10 heteroatoms. The zero-order valence-electron chi connectivity index (χ0n) is 16.3. The zero-order valence-corrected chi connectivity index (χ0v) is 18.0. The van der Waals surface area contributed by atoms with Gasteiger partial charge in [0, 0.05) is 36.5 Å². The van der Waals surface area contributed by atoms with Gasteiger partial charge in [0.15, 0.2) is 9.84 Å². The lowest BCUT2D eigenvalue weighted by Crippen LogP contribution is -2.25. The van der Waals surface area contributed by atoms with Crippen molar-refractivity contribution in [2.45, 2.75) is 31.2 Å². The molecule has 0 unspecified atom stereocenters. The van der Waals surface area contributed by atoms with Crippen molar-refractivity contribution in [2.24, 2.45) is 13.0 Å². The van der Waals surface area contributed by atoms with Gasteiger partial charge < -0.3 is 9.30 Å². The number of aryl methyl sites for hydroxylation is 1. The van der Waals surface area contributed by atoms with Crippen LogP contribution in [0.1, 0.15) is 25.3 Å². The summed E-state index contributed by atoms with van der Waals surface area (Å²) in [6.45, 7) is 1.97. The van der Waals surface area contributed by atoms with Crippen LogP contribution in [0.2, 0.25) is 0 Å². The lowest BCUT2D eigenvalue weighted by Gasteiger charge is -2.15. The Morgan fingerprint density at radius 3 is 2.59 bits per heavy atom. The third-order valence-corrected chi connectivity index (χ3v) is 6.98. The maximum absolute atomic E-state index is 12.4. The molecule has 1 aromatic heterocycles. The number of hydrogen-bond acceptors (Lipinski definition) is 6. The van der Waals surface area contributed by atoms with Gasteiger partial charge in [-0.15, -0.1) is 0 Å². The van der Waals surface area contributed by atoms with Gasteiger partial charge in [0.1, 0.15) is 5.75 Å². The van der Waals surface area contributed by atoms with Gasteiger partial charge in [-0.2, -0.15) is 0 Å². The van der Waals surface area contributed by atoms with Crippen LogP contribution in [0.25, 0.3) is 11.1 Å². The normalized spacial score (nSPS) is 14.3. The molecule has 0 saturated heterocycles. The summed E-state index contributed by atoms with van der Waals surface area (Å²) in [6, 6.07) is 6.27. The minimum atomic E-state index is -3.43. The molecule has 1 saturated carbocycles. The second-order valence-corrected chi connectivity index (χ2v) is 10.2. The number of nitrogens with one attached hydrogen (secondary N) is 1. The van der Waals surface area contributed by atoms with E-state index in [4.69, 9.17) is 4.74 Å². The molecule has 8 nitrogen and oxygen atoms in total. The van der Waals surface area contributed by atoms with Crippen molar-refractivity contribution in [3.8, 4) is 16.9 Å². The molecule has 0 aliphatic heterocycles. The van der Waals surface area contributed by atoms with E-state index in [0.29, 0.717) is 29.4 Å². The van der Waals surface area contributed by atoms with Gasteiger partial charge in [0.2, 0.25) is 10.9 Å². The third kappa shape index (κ3) is 5.26. The first-order chi connectivity index (χ1) is 13.7. The Labute approximate surface area is 171 Å². The van der Waals surface area contributed by atoms with Crippen molar-refractivity contribution >= 4 is 20.7 Å². The molecular formula is C19H24N2O6S2. The number of hydrogen-bond donors (Lipinski definition) is 2. The smallest absolute Gasteiger partial charge is 0.254 e. The molecule has 29 heavy (non-hydrogen) atoms. The number of rotatable bonds is 9. The fourth-order valence-corrected chi connectivity index (χ4v) is 4.12. The van der Waals surface area contributed by atoms with Gasteiger partial charge in [0.05, 0.1) is 17.3 Å². The van der Waals surface area contributed by atoms with Gasteiger partial charge in [-0.05, 0) is 43.0 Å². The molecule has 3 rings (SSSR count). The Morgan fingerprint density at radius 1 is 1.24 bits per heavy atom. The standard InChI is InChI=1S/C19H24N2O6S2/c1-3-29(25,26)16-6-7-18(27-12-13-4-5-13)17(9-16)15-8-14(10-20-28(23)24)19(22)21(2)11-15/h6-9,11,13,28H,3-5,10,12H2,1-2H3,(H,20,23,24). The summed E-state index contributed by atoms with van der Waals surface area (Å²) < 4.78 is 55.9. The Hall–Kier alpha value is -2.17. The fraction of sp³-hybridized carbons (Fsp3) is 0.421. The van der Waals surface area contributed by atoms with Crippen LogP contribution in [0, 0.1) is 5.92 Å².